The van der Waals surface area contributed by atoms with E-state index in [1.165, 1.54) is 6.07 Å². The molecule has 94 valence electrons. The summed E-state index contributed by atoms with van der Waals surface area (Å²) in [5.41, 5.74) is 1.80. The van der Waals surface area contributed by atoms with Crippen molar-refractivity contribution in [2.24, 2.45) is 4.99 Å². The van der Waals surface area contributed by atoms with Gasteiger partial charge in [-0.25, -0.2) is 9.18 Å². The molecule has 1 fully saturated rings. The van der Waals surface area contributed by atoms with Crippen LogP contribution in [-0.2, 0) is 10.3 Å². The molecule has 0 radical (unpaired) electrons. The van der Waals surface area contributed by atoms with Gasteiger partial charge in [0.05, 0.1) is 5.54 Å². The Balaban J connectivity index is 2.09. The van der Waals surface area contributed by atoms with E-state index in [1.54, 1.807) is 18.2 Å². The lowest BCUT2D eigenvalue weighted by Crippen LogP contribution is -2.03. The van der Waals surface area contributed by atoms with Crippen molar-refractivity contribution < 1.29 is 9.18 Å². The molecule has 2 aromatic rings. The Morgan fingerprint density at radius 1 is 1.11 bits per heavy atom. The summed E-state index contributed by atoms with van der Waals surface area (Å²) in [6, 6.07) is 14.3. The van der Waals surface area contributed by atoms with Crippen molar-refractivity contribution in [3.05, 3.63) is 59.9 Å². The van der Waals surface area contributed by atoms with Crippen LogP contribution in [0.1, 0.15) is 18.4 Å². The Morgan fingerprint density at radius 3 is 2.47 bits per heavy atom. The van der Waals surface area contributed by atoms with Gasteiger partial charge in [0.1, 0.15) is 5.82 Å². The highest BCUT2D eigenvalue weighted by molar-refractivity contribution is 5.65. The van der Waals surface area contributed by atoms with Crippen molar-refractivity contribution in [3.8, 4) is 11.1 Å². The van der Waals surface area contributed by atoms with E-state index in [9.17, 15) is 9.18 Å². The van der Waals surface area contributed by atoms with E-state index in [2.05, 4.69) is 4.99 Å². The molecule has 2 aromatic carbocycles. The van der Waals surface area contributed by atoms with E-state index in [-0.39, 0.29) is 5.82 Å². The molecule has 19 heavy (non-hydrogen) atoms. The fourth-order valence-corrected chi connectivity index (χ4v) is 2.32. The molecule has 2 nitrogen and oxygen atoms in total. The Morgan fingerprint density at radius 2 is 1.84 bits per heavy atom. The highest BCUT2D eigenvalue weighted by Gasteiger charge is 2.45. The second kappa shape index (κ2) is 4.45. The topological polar surface area (TPSA) is 29.4 Å². The number of rotatable bonds is 3. The van der Waals surface area contributed by atoms with Crippen molar-refractivity contribution in [1.29, 1.82) is 0 Å². The van der Waals surface area contributed by atoms with Crippen LogP contribution in [0, 0.1) is 5.82 Å². The van der Waals surface area contributed by atoms with Crippen molar-refractivity contribution >= 4 is 6.08 Å². The summed E-state index contributed by atoms with van der Waals surface area (Å²) in [5.74, 6) is -0.263. The summed E-state index contributed by atoms with van der Waals surface area (Å²) in [4.78, 5) is 14.4. The van der Waals surface area contributed by atoms with E-state index >= 15 is 0 Å². The van der Waals surface area contributed by atoms with Crippen molar-refractivity contribution in [1.82, 2.24) is 0 Å². The zero-order valence-corrected chi connectivity index (χ0v) is 10.3. The van der Waals surface area contributed by atoms with Gasteiger partial charge >= 0.3 is 0 Å². The molecule has 1 saturated carbocycles. The fourth-order valence-electron chi connectivity index (χ4n) is 2.32. The summed E-state index contributed by atoms with van der Waals surface area (Å²) in [5, 5.41) is 0. The van der Waals surface area contributed by atoms with Gasteiger partial charge in [-0.1, -0.05) is 36.4 Å². The molecule has 0 unspecified atom stereocenters. The molecular weight excluding hydrogens is 241 g/mol. The zero-order valence-electron chi connectivity index (χ0n) is 10.3. The van der Waals surface area contributed by atoms with Crippen LogP contribution in [0.2, 0.25) is 0 Å². The van der Waals surface area contributed by atoms with Gasteiger partial charge in [0, 0.05) is 5.56 Å². The molecule has 0 atom stereocenters. The third kappa shape index (κ3) is 2.09. The number of nitrogens with zero attached hydrogens (tertiary/aromatic N) is 1. The van der Waals surface area contributed by atoms with Crippen LogP contribution >= 0.6 is 0 Å². The van der Waals surface area contributed by atoms with E-state index in [0.717, 1.165) is 24.0 Å². The van der Waals surface area contributed by atoms with Gasteiger partial charge in [-0.3, -0.25) is 0 Å². The SMILES string of the molecule is O=C=NC1(c2ccc(F)c(-c3ccccc3)c2)CC1. The third-order valence-electron chi connectivity index (χ3n) is 3.57. The molecule has 3 rings (SSSR count). The monoisotopic (exact) mass is 253 g/mol. The molecule has 1 aliphatic rings. The minimum absolute atomic E-state index is 0.263. The van der Waals surface area contributed by atoms with Crippen molar-refractivity contribution in [3.63, 3.8) is 0 Å². The quantitative estimate of drug-likeness (QED) is 0.604. The normalized spacial score (nSPS) is 15.6. The summed E-state index contributed by atoms with van der Waals surface area (Å²) in [6.45, 7) is 0. The van der Waals surface area contributed by atoms with E-state index in [1.807, 2.05) is 30.3 Å². The van der Waals surface area contributed by atoms with Crippen LogP contribution in [0.4, 0.5) is 4.39 Å². The molecule has 3 heteroatoms. The van der Waals surface area contributed by atoms with Gasteiger partial charge in [-0.15, -0.1) is 0 Å². The summed E-state index contributed by atoms with van der Waals surface area (Å²) < 4.78 is 13.9. The van der Waals surface area contributed by atoms with Crippen LogP contribution in [0.3, 0.4) is 0 Å². The van der Waals surface area contributed by atoms with Gasteiger partial charge in [0.15, 0.2) is 0 Å². The van der Waals surface area contributed by atoms with Gasteiger partial charge in [-0.05, 0) is 36.1 Å². The van der Waals surface area contributed by atoms with Gasteiger partial charge in [-0.2, -0.15) is 4.99 Å². The lowest BCUT2D eigenvalue weighted by atomic mass is 9.98. The maximum Gasteiger partial charge on any atom is 0.235 e. The molecule has 0 amide bonds. The number of halogens is 1. The van der Waals surface area contributed by atoms with Crippen LogP contribution in [-0.4, -0.2) is 6.08 Å². The average Bonchev–Trinajstić information content (AvgIpc) is 3.21. The standard InChI is InChI=1S/C16H12FNO/c17-15-7-6-13(16(8-9-16)18-11-19)10-14(15)12-4-2-1-3-5-12/h1-7,10H,8-9H2. The molecule has 0 N–H and O–H groups in total. The first-order valence-electron chi connectivity index (χ1n) is 6.20. The first-order chi connectivity index (χ1) is 9.25. The Bertz CT molecular complexity index is 656. The smallest absolute Gasteiger partial charge is 0.211 e. The molecule has 0 heterocycles. The Kier molecular flexibility index (Phi) is 2.77. The molecule has 0 aromatic heterocycles. The van der Waals surface area contributed by atoms with Crippen LogP contribution in [0.25, 0.3) is 11.1 Å². The molecular formula is C16H12FNO. The van der Waals surface area contributed by atoms with Gasteiger partial charge in [0.25, 0.3) is 0 Å². The fraction of sp³-hybridized carbons (Fsp3) is 0.188. The van der Waals surface area contributed by atoms with E-state index in [0.29, 0.717) is 5.56 Å². The largest absolute Gasteiger partial charge is 0.235 e. The number of hydrogen-bond acceptors (Lipinski definition) is 2. The maximum absolute atomic E-state index is 13.9. The highest BCUT2D eigenvalue weighted by atomic mass is 19.1. The van der Waals surface area contributed by atoms with Crippen molar-refractivity contribution in [2.45, 2.75) is 18.4 Å². The predicted octanol–water partition coefficient (Wildman–Crippen LogP) is 3.82. The molecule has 0 spiro atoms. The predicted molar refractivity (Wildman–Crippen MR) is 70.9 cm³/mol. The Hall–Kier alpha value is -2.25. The van der Waals surface area contributed by atoms with Crippen molar-refractivity contribution in [2.75, 3.05) is 0 Å². The minimum Gasteiger partial charge on any atom is -0.211 e. The number of benzene rings is 2. The highest BCUT2D eigenvalue weighted by Crippen LogP contribution is 2.49. The minimum atomic E-state index is -0.459. The van der Waals surface area contributed by atoms with Crippen LogP contribution in [0.15, 0.2) is 53.5 Å². The molecule has 1 aliphatic carbocycles. The Labute approximate surface area is 110 Å². The number of isocyanates is 1. The van der Waals surface area contributed by atoms with E-state index < -0.39 is 5.54 Å². The molecule has 0 bridgehead atoms. The summed E-state index contributed by atoms with van der Waals surface area (Å²) >= 11 is 0. The lowest BCUT2D eigenvalue weighted by Gasteiger charge is -2.11. The third-order valence-corrected chi connectivity index (χ3v) is 3.57. The summed E-state index contributed by atoms with van der Waals surface area (Å²) in [7, 11) is 0. The lowest BCUT2D eigenvalue weighted by molar-refractivity contribution is 0.556. The average molecular weight is 253 g/mol. The zero-order chi connectivity index (χ0) is 13.3. The van der Waals surface area contributed by atoms with E-state index in [4.69, 9.17) is 0 Å². The van der Waals surface area contributed by atoms with Crippen LogP contribution in [0.5, 0.6) is 0 Å². The first kappa shape index (κ1) is 11.8. The van der Waals surface area contributed by atoms with Crippen LogP contribution < -0.4 is 0 Å². The molecule has 0 aliphatic heterocycles. The maximum atomic E-state index is 13.9. The second-order valence-electron chi connectivity index (χ2n) is 4.80. The van der Waals surface area contributed by atoms with Gasteiger partial charge < -0.3 is 0 Å². The number of carbonyl (C=O) groups excluding carboxylic acids is 1. The first-order valence-corrected chi connectivity index (χ1v) is 6.20. The molecule has 0 saturated heterocycles. The second-order valence-corrected chi connectivity index (χ2v) is 4.80. The van der Waals surface area contributed by atoms with Gasteiger partial charge in [0.2, 0.25) is 6.08 Å². The number of aliphatic imine (C=N–C) groups is 1. The summed E-state index contributed by atoms with van der Waals surface area (Å²) in [6.07, 6.45) is 3.27. The number of hydrogen-bond donors (Lipinski definition) is 0.